The zero-order chi connectivity index (χ0) is 25.2. The van der Waals surface area contributed by atoms with Crippen LogP contribution in [-0.4, -0.2) is 66.9 Å². The molecule has 0 bridgehead atoms. The standard InChI is InChI=1S/C25H33N3O7/c1-2-3-4-5-6-10-21(30)35-16-15-34-14-13-26-18-9-7-8-17-22(18)25(33)28(24(17)32)19-11-12-20(29)27-23(19)31/h7-9,19,26H,2-6,10-16H2,1H3,(H,27,29,31). The Morgan fingerprint density at radius 3 is 2.63 bits per heavy atom. The SMILES string of the molecule is CCCCCCCC(=O)OCCOCCNc1cccc2c1C(=O)N(C1CCC(=O)NC1=O)C2=O. The highest BCUT2D eigenvalue weighted by Crippen LogP contribution is 2.32. The molecule has 1 saturated heterocycles. The zero-order valence-electron chi connectivity index (χ0n) is 20.1. The van der Waals surface area contributed by atoms with Crippen LogP contribution in [0.3, 0.4) is 0 Å². The molecule has 4 amide bonds. The second-order valence-corrected chi connectivity index (χ2v) is 8.60. The first-order valence-corrected chi connectivity index (χ1v) is 12.3. The van der Waals surface area contributed by atoms with Gasteiger partial charge in [-0.3, -0.25) is 34.2 Å². The summed E-state index contributed by atoms with van der Waals surface area (Å²) >= 11 is 0. The second-order valence-electron chi connectivity index (χ2n) is 8.60. The van der Waals surface area contributed by atoms with Gasteiger partial charge in [0.15, 0.2) is 0 Å². The van der Waals surface area contributed by atoms with Crippen molar-refractivity contribution in [1.29, 1.82) is 0 Å². The molecule has 2 heterocycles. The molecule has 0 aliphatic carbocycles. The summed E-state index contributed by atoms with van der Waals surface area (Å²) in [5.74, 6) is -2.39. The molecule has 0 spiro atoms. The number of imide groups is 2. The lowest BCUT2D eigenvalue weighted by Crippen LogP contribution is -2.54. The molecule has 10 heteroatoms. The number of rotatable bonds is 14. The number of amides is 4. The lowest BCUT2D eigenvalue weighted by molar-refractivity contribution is -0.145. The maximum absolute atomic E-state index is 13.0. The molecular weight excluding hydrogens is 454 g/mol. The fourth-order valence-electron chi connectivity index (χ4n) is 4.18. The number of fused-ring (bicyclic) bond motifs is 1. The normalized spacial score (nSPS) is 17.4. The molecule has 0 radical (unpaired) electrons. The van der Waals surface area contributed by atoms with E-state index in [0.717, 1.165) is 24.2 Å². The Morgan fingerprint density at radius 1 is 1.06 bits per heavy atom. The number of hydrogen-bond donors (Lipinski definition) is 2. The number of anilines is 1. The van der Waals surface area contributed by atoms with Gasteiger partial charge in [0, 0.05) is 25.1 Å². The van der Waals surface area contributed by atoms with Gasteiger partial charge in [-0.1, -0.05) is 38.7 Å². The van der Waals surface area contributed by atoms with E-state index in [9.17, 15) is 24.0 Å². The van der Waals surface area contributed by atoms with Crippen molar-refractivity contribution in [2.24, 2.45) is 0 Å². The van der Waals surface area contributed by atoms with Crippen molar-refractivity contribution in [3.05, 3.63) is 29.3 Å². The number of hydrogen-bond acceptors (Lipinski definition) is 8. The molecule has 0 aromatic heterocycles. The van der Waals surface area contributed by atoms with Gasteiger partial charge in [-0.05, 0) is 25.0 Å². The van der Waals surface area contributed by atoms with E-state index in [4.69, 9.17) is 9.47 Å². The number of esters is 1. The Hall–Kier alpha value is -3.27. The van der Waals surface area contributed by atoms with Gasteiger partial charge < -0.3 is 14.8 Å². The Balaban J connectivity index is 1.41. The van der Waals surface area contributed by atoms with E-state index in [1.54, 1.807) is 18.2 Å². The van der Waals surface area contributed by atoms with Gasteiger partial charge in [-0.2, -0.15) is 0 Å². The van der Waals surface area contributed by atoms with Gasteiger partial charge in [0.05, 0.1) is 24.3 Å². The summed E-state index contributed by atoms with van der Waals surface area (Å²) in [7, 11) is 0. The molecule has 190 valence electrons. The molecule has 2 aliphatic rings. The number of unbranched alkanes of at least 4 members (excludes halogenated alkanes) is 4. The van der Waals surface area contributed by atoms with Crippen LogP contribution in [0.1, 0.15) is 79.0 Å². The molecule has 1 aromatic rings. The maximum atomic E-state index is 13.0. The summed E-state index contributed by atoms with van der Waals surface area (Å²) in [6, 6.07) is 3.88. The summed E-state index contributed by atoms with van der Waals surface area (Å²) in [4.78, 5) is 62.1. The molecule has 1 aromatic carbocycles. The van der Waals surface area contributed by atoms with E-state index in [1.807, 2.05) is 0 Å². The van der Waals surface area contributed by atoms with E-state index >= 15 is 0 Å². The van der Waals surface area contributed by atoms with Crippen molar-refractivity contribution in [2.75, 3.05) is 31.7 Å². The third-order valence-electron chi connectivity index (χ3n) is 6.01. The fourth-order valence-corrected chi connectivity index (χ4v) is 4.18. The van der Waals surface area contributed by atoms with Crippen LogP contribution in [0.25, 0.3) is 0 Å². The van der Waals surface area contributed by atoms with Gasteiger partial charge in [0.2, 0.25) is 11.8 Å². The lowest BCUT2D eigenvalue weighted by Gasteiger charge is -2.27. The first kappa shape index (κ1) is 26.3. The number of carbonyl (C=O) groups excluding carboxylic acids is 5. The minimum atomic E-state index is -1.00. The lowest BCUT2D eigenvalue weighted by atomic mass is 10.0. The quantitative estimate of drug-likeness (QED) is 0.232. The predicted octanol–water partition coefficient (Wildman–Crippen LogP) is 2.42. The van der Waals surface area contributed by atoms with E-state index in [1.165, 1.54) is 12.8 Å². The monoisotopic (exact) mass is 487 g/mol. The van der Waals surface area contributed by atoms with Crippen LogP contribution in [0.4, 0.5) is 5.69 Å². The number of nitrogens with zero attached hydrogens (tertiary/aromatic N) is 1. The van der Waals surface area contributed by atoms with Crippen LogP contribution in [0.2, 0.25) is 0 Å². The van der Waals surface area contributed by atoms with Gasteiger partial charge in [0.1, 0.15) is 12.6 Å². The van der Waals surface area contributed by atoms with Crippen LogP contribution in [-0.2, 0) is 23.9 Å². The number of nitrogens with one attached hydrogen (secondary N) is 2. The summed E-state index contributed by atoms with van der Waals surface area (Å²) in [5.41, 5.74) is 0.885. The molecule has 35 heavy (non-hydrogen) atoms. The third kappa shape index (κ3) is 6.88. The largest absolute Gasteiger partial charge is 0.463 e. The highest BCUT2D eigenvalue weighted by molar-refractivity contribution is 6.25. The van der Waals surface area contributed by atoms with E-state index in [0.29, 0.717) is 25.3 Å². The van der Waals surface area contributed by atoms with Crippen LogP contribution in [0.15, 0.2) is 18.2 Å². The summed E-state index contributed by atoms with van der Waals surface area (Å²) < 4.78 is 10.6. The van der Waals surface area contributed by atoms with E-state index in [2.05, 4.69) is 17.6 Å². The van der Waals surface area contributed by atoms with E-state index in [-0.39, 0.29) is 43.2 Å². The number of carbonyl (C=O) groups is 5. The maximum Gasteiger partial charge on any atom is 0.305 e. The molecule has 10 nitrogen and oxygen atoms in total. The van der Waals surface area contributed by atoms with E-state index < -0.39 is 29.7 Å². The van der Waals surface area contributed by atoms with Crippen molar-refractivity contribution in [1.82, 2.24) is 10.2 Å². The predicted molar refractivity (Wildman–Crippen MR) is 127 cm³/mol. The summed E-state index contributed by atoms with van der Waals surface area (Å²) in [5, 5.41) is 5.28. The second kappa shape index (κ2) is 13.0. The van der Waals surface area contributed by atoms with Crippen LogP contribution in [0, 0.1) is 0 Å². The van der Waals surface area contributed by atoms with Crippen molar-refractivity contribution < 1.29 is 33.4 Å². The fraction of sp³-hybridized carbons (Fsp3) is 0.560. The van der Waals surface area contributed by atoms with Crippen molar-refractivity contribution in [3.63, 3.8) is 0 Å². The van der Waals surface area contributed by atoms with Gasteiger partial charge in [0.25, 0.3) is 11.8 Å². The Bertz CT molecular complexity index is 962. The minimum Gasteiger partial charge on any atom is -0.463 e. The molecule has 1 atom stereocenters. The average Bonchev–Trinajstić information content (AvgIpc) is 3.09. The third-order valence-corrected chi connectivity index (χ3v) is 6.01. The number of ether oxygens (including phenoxy) is 2. The van der Waals surface area contributed by atoms with Crippen LogP contribution < -0.4 is 10.6 Å². The van der Waals surface area contributed by atoms with Crippen molar-refractivity contribution in [3.8, 4) is 0 Å². The molecule has 1 unspecified atom stereocenters. The molecule has 3 rings (SSSR count). The van der Waals surface area contributed by atoms with Gasteiger partial charge >= 0.3 is 5.97 Å². The highest BCUT2D eigenvalue weighted by Gasteiger charge is 2.45. The Labute approximate surface area is 204 Å². The zero-order valence-corrected chi connectivity index (χ0v) is 20.1. The molecular formula is C25H33N3O7. The number of piperidine rings is 1. The first-order valence-electron chi connectivity index (χ1n) is 12.3. The summed E-state index contributed by atoms with van der Waals surface area (Å²) in [6.45, 7) is 3.26. The van der Waals surface area contributed by atoms with Gasteiger partial charge in [-0.15, -0.1) is 0 Å². The Kier molecular flexibility index (Phi) is 9.77. The topological polar surface area (TPSA) is 131 Å². The number of benzene rings is 1. The highest BCUT2D eigenvalue weighted by atomic mass is 16.6. The molecule has 0 saturated carbocycles. The summed E-state index contributed by atoms with van der Waals surface area (Å²) in [6.07, 6.45) is 5.97. The van der Waals surface area contributed by atoms with Crippen LogP contribution in [0.5, 0.6) is 0 Å². The van der Waals surface area contributed by atoms with Crippen LogP contribution >= 0.6 is 0 Å². The molecule has 2 N–H and O–H groups in total. The molecule has 2 aliphatic heterocycles. The Morgan fingerprint density at radius 2 is 1.86 bits per heavy atom. The average molecular weight is 488 g/mol. The van der Waals surface area contributed by atoms with Crippen molar-refractivity contribution >= 4 is 35.3 Å². The minimum absolute atomic E-state index is 0.0700. The smallest absolute Gasteiger partial charge is 0.305 e. The molecule has 1 fully saturated rings. The van der Waals surface area contributed by atoms with Crippen molar-refractivity contribution in [2.45, 2.75) is 64.3 Å². The van der Waals surface area contributed by atoms with Gasteiger partial charge in [-0.25, -0.2) is 0 Å². The first-order chi connectivity index (χ1) is 16.9.